The van der Waals surface area contributed by atoms with E-state index in [1.54, 1.807) is 6.92 Å². The first-order valence-electron chi connectivity index (χ1n) is 7.22. The topological polar surface area (TPSA) is 71.3 Å². The van der Waals surface area contributed by atoms with E-state index in [1.165, 1.54) is 6.20 Å². The van der Waals surface area contributed by atoms with E-state index in [0.29, 0.717) is 11.6 Å². The van der Waals surface area contributed by atoms with Crippen LogP contribution in [0.15, 0.2) is 12.3 Å². The lowest BCUT2D eigenvalue weighted by Crippen LogP contribution is -2.46. The zero-order valence-corrected chi connectivity index (χ0v) is 12.1. The van der Waals surface area contributed by atoms with Crippen molar-refractivity contribution in [1.29, 1.82) is 0 Å². The second-order valence-corrected chi connectivity index (χ2v) is 5.28. The van der Waals surface area contributed by atoms with Gasteiger partial charge in [-0.2, -0.15) is 0 Å². The number of hydrogen-bond acceptors (Lipinski definition) is 5. The summed E-state index contributed by atoms with van der Waals surface area (Å²) in [5.74, 6) is 0.851. The van der Waals surface area contributed by atoms with Crippen molar-refractivity contribution in [2.75, 3.05) is 24.5 Å². The number of pyridine rings is 1. The maximum atomic E-state index is 10.9. The number of hydrogen-bond donors (Lipinski definition) is 1. The predicted molar refractivity (Wildman–Crippen MR) is 79.2 cm³/mol. The summed E-state index contributed by atoms with van der Waals surface area (Å²) in [5, 5.41) is 14.3. The fourth-order valence-corrected chi connectivity index (χ4v) is 2.71. The van der Waals surface area contributed by atoms with Crippen molar-refractivity contribution in [2.24, 2.45) is 0 Å². The summed E-state index contributed by atoms with van der Waals surface area (Å²) >= 11 is 0. The van der Waals surface area contributed by atoms with E-state index >= 15 is 0 Å². The standard InChI is InChI=1S/C14H22N4O2/c1-3-7-17(12-5-4-6-15-9-12)14-8-11(2)13(10-16-14)18(19)20/h8,10,12,15H,3-7,9H2,1-2H3. The lowest BCUT2D eigenvalue weighted by molar-refractivity contribution is -0.385. The summed E-state index contributed by atoms with van der Waals surface area (Å²) in [7, 11) is 0. The van der Waals surface area contributed by atoms with Crippen molar-refractivity contribution >= 4 is 11.5 Å². The van der Waals surface area contributed by atoms with Crippen LogP contribution in [-0.4, -0.2) is 35.6 Å². The molecule has 0 spiro atoms. The van der Waals surface area contributed by atoms with Crippen LogP contribution < -0.4 is 10.2 Å². The third-order valence-corrected chi connectivity index (χ3v) is 3.74. The molecule has 0 aromatic carbocycles. The largest absolute Gasteiger partial charge is 0.352 e. The molecule has 1 aliphatic rings. The number of anilines is 1. The molecule has 1 aromatic rings. The lowest BCUT2D eigenvalue weighted by atomic mass is 10.1. The molecule has 1 fully saturated rings. The number of aromatic nitrogens is 1. The maximum absolute atomic E-state index is 10.9. The minimum atomic E-state index is -0.377. The highest BCUT2D eigenvalue weighted by Gasteiger charge is 2.23. The van der Waals surface area contributed by atoms with Gasteiger partial charge in [-0.1, -0.05) is 6.92 Å². The maximum Gasteiger partial charge on any atom is 0.290 e. The van der Waals surface area contributed by atoms with Gasteiger partial charge in [-0.15, -0.1) is 0 Å². The zero-order chi connectivity index (χ0) is 14.5. The first-order chi connectivity index (χ1) is 9.63. The van der Waals surface area contributed by atoms with Crippen LogP contribution in [0.3, 0.4) is 0 Å². The molecule has 0 amide bonds. The van der Waals surface area contributed by atoms with Crippen LogP contribution in [0, 0.1) is 17.0 Å². The second kappa shape index (κ2) is 6.65. The first-order valence-corrected chi connectivity index (χ1v) is 7.22. The minimum Gasteiger partial charge on any atom is -0.352 e. The average molecular weight is 278 g/mol. The lowest BCUT2D eigenvalue weighted by Gasteiger charge is -2.35. The molecule has 20 heavy (non-hydrogen) atoms. The molecular weight excluding hydrogens is 256 g/mol. The average Bonchev–Trinajstić information content (AvgIpc) is 2.45. The monoisotopic (exact) mass is 278 g/mol. The zero-order valence-electron chi connectivity index (χ0n) is 12.1. The molecule has 1 aliphatic heterocycles. The molecule has 6 heteroatoms. The molecule has 1 unspecified atom stereocenters. The molecule has 1 saturated heterocycles. The quantitative estimate of drug-likeness (QED) is 0.661. The van der Waals surface area contributed by atoms with Gasteiger partial charge in [0.1, 0.15) is 12.0 Å². The van der Waals surface area contributed by atoms with Crippen molar-refractivity contribution in [2.45, 2.75) is 39.2 Å². The predicted octanol–water partition coefficient (Wildman–Crippen LogP) is 2.27. The van der Waals surface area contributed by atoms with Gasteiger partial charge in [-0.3, -0.25) is 10.1 Å². The number of piperidine rings is 1. The number of nitro groups is 1. The summed E-state index contributed by atoms with van der Waals surface area (Å²) in [6.45, 7) is 6.87. The van der Waals surface area contributed by atoms with Crippen molar-refractivity contribution < 1.29 is 4.92 Å². The fraction of sp³-hybridized carbons (Fsp3) is 0.643. The van der Waals surface area contributed by atoms with E-state index in [1.807, 2.05) is 6.07 Å². The van der Waals surface area contributed by atoms with Gasteiger partial charge in [-0.25, -0.2) is 4.98 Å². The van der Waals surface area contributed by atoms with Gasteiger partial charge < -0.3 is 10.2 Å². The van der Waals surface area contributed by atoms with Crippen LogP contribution in [0.25, 0.3) is 0 Å². The van der Waals surface area contributed by atoms with Gasteiger partial charge in [0.2, 0.25) is 0 Å². The smallest absolute Gasteiger partial charge is 0.290 e. The van der Waals surface area contributed by atoms with E-state index in [0.717, 1.165) is 44.7 Å². The SMILES string of the molecule is CCCN(c1cc(C)c([N+](=O)[O-])cn1)C1CCCNC1. The fourth-order valence-electron chi connectivity index (χ4n) is 2.71. The van der Waals surface area contributed by atoms with Gasteiger partial charge in [-0.05, 0) is 38.8 Å². The Hall–Kier alpha value is -1.69. The molecule has 2 rings (SSSR count). The Labute approximate surface area is 119 Å². The van der Waals surface area contributed by atoms with Crippen molar-refractivity contribution in [1.82, 2.24) is 10.3 Å². The highest BCUT2D eigenvalue weighted by molar-refractivity contribution is 5.49. The molecule has 1 N–H and O–H groups in total. The van der Waals surface area contributed by atoms with Crippen LogP contribution in [0.2, 0.25) is 0 Å². The third-order valence-electron chi connectivity index (χ3n) is 3.74. The molecule has 0 bridgehead atoms. The third kappa shape index (κ3) is 3.25. The van der Waals surface area contributed by atoms with Crippen molar-refractivity contribution in [3.8, 4) is 0 Å². The number of aryl methyl sites for hydroxylation is 1. The van der Waals surface area contributed by atoms with Crippen LogP contribution >= 0.6 is 0 Å². The molecule has 0 aliphatic carbocycles. The Morgan fingerprint density at radius 1 is 1.60 bits per heavy atom. The van der Waals surface area contributed by atoms with Crippen LogP contribution in [0.1, 0.15) is 31.7 Å². The molecule has 1 aromatic heterocycles. The highest BCUT2D eigenvalue weighted by atomic mass is 16.6. The Kier molecular flexibility index (Phi) is 4.89. The van der Waals surface area contributed by atoms with E-state index in [2.05, 4.69) is 22.1 Å². The Bertz CT molecular complexity index is 472. The van der Waals surface area contributed by atoms with Gasteiger partial charge >= 0.3 is 0 Å². The summed E-state index contributed by atoms with van der Waals surface area (Å²) in [6.07, 6.45) is 4.72. The normalized spacial score (nSPS) is 18.8. The molecule has 0 radical (unpaired) electrons. The Morgan fingerprint density at radius 3 is 2.95 bits per heavy atom. The number of rotatable bonds is 5. The summed E-state index contributed by atoms with van der Waals surface area (Å²) < 4.78 is 0. The Morgan fingerprint density at radius 2 is 2.40 bits per heavy atom. The van der Waals surface area contributed by atoms with Gasteiger partial charge in [0.15, 0.2) is 0 Å². The van der Waals surface area contributed by atoms with Crippen molar-refractivity contribution in [3.63, 3.8) is 0 Å². The number of nitrogens with zero attached hydrogens (tertiary/aromatic N) is 3. The molecule has 110 valence electrons. The first kappa shape index (κ1) is 14.7. The van der Waals surface area contributed by atoms with Gasteiger partial charge in [0.05, 0.1) is 4.92 Å². The van der Waals surface area contributed by atoms with E-state index in [-0.39, 0.29) is 10.6 Å². The highest BCUT2D eigenvalue weighted by Crippen LogP contribution is 2.24. The van der Waals surface area contributed by atoms with E-state index in [4.69, 9.17) is 0 Å². The van der Waals surface area contributed by atoms with Crippen LogP contribution in [-0.2, 0) is 0 Å². The minimum absolute atomic E-state index is 0.0898. The number of nitrogens with one attached hydrogen (secondary N) is 1. The van der Waals surface area contributed by atoms with E-state index < -0.39 is 0 Å². The molecular formula is C14H22N4O2. The summed E-state index contributed by atoms with van der Waals surface area (Å²) in [5.41, 5.74) is 0.761. The van der Waals surface area contributed by atoms with Crippen molar-refractivity contribution in [3.05, 3.63) is 27.9 Å². The Balaban J connectivity index is 2.24. The van der Waals surface area contributed by atoms with Gasteiger partial charge in [0.25, 0.3) is 5.69 Å². The molecule has 1 atom stereocenters. The van der Waals surface area contributed by atoms with E-state index in [9.17, 15) is 10.1 Å². The van der Waals surface area contributed by atoms with Crippen LogP contribution in [0.4, 0.5) is 11.5 Å². The molecule has 0 saturated carbocycles. The molecule has 6 nitrogen and oxygen atoms in total. The summed E-state index contributed by atoms with van der Waals surface area (Å²) in [4.78, 5) is 17.1. The van der Waals surface area contributed by atoms with Gasteiger partial charge in [0, 0.05) is 24.7 Å². The second-order valence-electron chi connectivity index (χ2n) is 5.28. The summed E-state index contributed by atoms with van der Waals surface area (Å²) in [6, 6.07) is 2.26. The van der Waals surface area contributed by atoms with Crippen LogP contribution in [0.5, 0.6) is 0 Å². The molecule has 2 heterocycles.